The molecule has 0 atom stereocenters. The molecule has 14 heavy (non-hydrogen) atoms. The van der Waals surface area contributed by atoms with Gasteiger partial charge in [-0.3, -0.25) is 0 Å². The van der Waals surface area contributed by atoms with Crippen LogP contribution in [0.5, 0.6) is 5.75 Å². The number of hydrogen-bond donors (Lipinski definition) is 1. The van der Waals surface area contributed by atoms with Crippen molar-refractivity contribution in [3.63, 3.8) is 0 Å². The van der Waals surface area contributed by atoms with Gasteiger partial charge in [0, 0.05) is 0 Å². The third-order valence-corrected chi connectivity index (χ3v) is 1.98. The van der Waals surface area contributed by atoms with Crippen LogP contribution in [0.4, 0.5) is 0 Å². The fourth-order valence-corrected chi connectivity index (χ4v) is 1.35. The summed E-state index contributed by atoms with van der Waals surface area (Å²) in [6.07, 6.45) is 0. The standard InChI is InChI=1S/C11H10O.C2H6/c1-8-2-3-9-4-5-11(12)7-10(9)6-8;1-2/h2-7,12H,1H3;1-2H3. The van der Waals surface area contributed by atoms with Crippen LogP contribution in [-0.2, 0) is 0 Å². The van der Waals surface area contributed by atoms with Crippen LogP contribution >= 0.6 is 0 Å². The SMILES string of the molecule is CC.Cc1ccc2ccc(O)cc2c1. The highest BCUT2D eigenvalue weighted by Gasteiger charge is 1.94. The molecule has 0 bridgehead atoms. The van der Waals surface area contributed by atoms with Crippen LogP contribution in [0.15, 0.2) is 36.4 Å². The van der Waals surface area contributed by atoms with Gasteiger partial charge in [0.1, 0.15) is 5.75 Å². The first-order chi connectivity index (χ1) is 6.75. The molecule has 0 fully saturated rings. The lowest BCUT2D eigenvalue weighted by molar-refractivity contribution is 0.476. The molecular weight excluding hydrogens is 172 g/mol. The molecule has 74 valence electrons. The Labute approximate surface area is 85.0 Å². The summed E-state index contributed by atoms with van der Waals surface area (Å²) >= 11 is 0. The zero-order valence-electron chi connectivity index (χ0n) is 8.91. The Bertz CT molecular complexity index is 382. The molecule has 0 aromatic heterocycles. The van der Waals surface area contributed by atoms with Gasteiger partial charge in [-0.05, 0) is 29.8 Å². The predicted molar refractivity (Wildman–Crippen MR) is 61.7 cm³/mol. The Morgan fingerprint density at radius 2 is 1.50 bits per heavy atom. The second kappa shape index (κ2) is 4.66. The Morgan fingerprint density at radius 1 is 0.857 bits per heavy atom. The summed E-state index contributed by atoms with van der Waals surface area (Å²) in [5, 5.41) is 11.5. The molecule has 0 saturated carbocycles. The van der Waals surface area contributed by atoms with E-state index in [2.05, 4.69) is 18.2 Å². The molecule has 0 saturated heterocycles. The van der Waals surface area contributed by atoms with Crippen LogP contribution in [0, 0.1) is 6.92 Å². The van der Waals surface area contributed by atoms with Gasteiger partial charge in [0.2, 0.25) is 0 Å². The van der Waals surface area contributed by atoms with Crippen LogP contribution in [0.3, 0.4) is 0 Å². The second-order valence-electron chi connectivity index (χ2n) is 3.03. The molecule has 0 spiro atoms. The molecular formula is C13H16O. The van der Waals surface area contributed by atoms with Crippen molar-refractivity contribution in [1.29, 1.82) is 0 Å². The van der Waals surface area contributed by atoms with Crippen molar-refractivity contribution in [2.75, 3.05) is 0 Å². The number of benzene rings is 2. The molecule has 0 aliphatic rings. The normalized spacial score (nSPS) is 9.36. The van der Waals surface area contributed by atoms with Crippen LogP contribution in [-0.4, -0.2) is 5.11 Å². The van der Waals surface area contributed by atoms with Gasteiger partial charge in [0.15, 0.2) is 0 Å². The average molecular weight is 188 g/mol. The topological polar surface area (TPSA) is 20.2 Å². The summed E-state index contributed by atoms with van der Waals surface area (Å²) in [4.78, 5) is 0. The lowest BCUT2D eigenvalue weighted by atomic mass is 10.1. The maximum atomic E-state index is 9.22. The highest BCUT2D eigenvalue weighted by Crippen LogP contribution is 2.20. The third-order valence-electron chi connectivity index (χ3n) is 1.98. The maximum Gasteiger partial charge on any atom is 0.116 e. The average Bonchev–Trinajstić information content (AvgIpc) is 2.20. The summed E-state index contributed by atoms with van der Waals surface area (Å²) < 4.78 is 0. The van der Waals surface area contributed by atoms with Gasteiger partial charge in [-0.1, -0.05) is 43.7 Å². The molecule has 0 heterocycles. The van der Waals surface area contributed by atoms with Gasteiger partial charge in [-0.25, -0.2) is 0 Å². The first kappa shape index (κ1) is 10.6. The van der Waals surface area contributed by atoms with E-state index in [0.29, 0.717) is 5.75 Å². The number of phenolic OH excluding ortho intramolecular Hbond substituents is 1. The molecule has 0 unspecified atom stereocenters. The molecule has 1 heteroatoms. The summed E-state index contributed by atoms with van der Waals surface area (Å²) in [6.45, 7) is 6.05. The smallest absolute Gasteiger partial charge is 0.116 e. The Morgan fingerprint density at radius 3 is 2.21 bits per heavy atom. The summed E-state index contributed by atoms with van der Waals surface area (Å²) in [6, 6.07) is 11.6. The van der Waals surface area contributed by atoms with E-state index < -0.39 is 0 Å². The number of phenols is 1. The minimum absolute atomic E-state index is 0.327. The van der Waals surface area contributed by atoms with Crippen LogP contribution < -0.4 is 0 Å². The zero-order valence-corrected chi connectivity index (χ0v) is 8.91. The first-order valence-electron chi connectivity index (χ1n) is 4.95. The highest BCUT2D eigenvalue weighted by molar-refractivity contribution is 5.84. The molecule has 0 amide bonds. The van der Waals surface area contributed by atoms with Crippen molar-refractivity contribution < 1.29 is 5.11 Å². The number of rotatable bonds is 0. The fourth-order valence-electron chi connectivity index (χ4n) is 1.35. The van der Waals surface area contributed by atoms with Crippen LogP contribution in [0.25, 0.3) is 10.8 Å². The summed E-state index contributed by atoms with van der Waals surface area (Å²) in [5.74, 6) is 0.327. The van der Waals surface area contributed by atoms with Crippen molar-refractivity contribution >= 4 is 10.8 Å². The van der Waals surface area contributed by atoms with Gasteiger partial charge in [0.05, 0.1) is 0 Å². The van der Waals surface area contributed by atoms with Gasteiger partial charge in [-0.15, -0.1) is 0 Å². The van der Waals surface area contributed by atoms with E-state index in [1.54, 1.807) is 12.1 Å². The van der Waals surface area contributed by atoms with Crippen LogP contribution in [0.1, 0.15) is 19.4 Å². The van der Waals surface area contributed by atoms with E-state index in [1.807, 2.05) is 26.8 Å². The van der Waals surface area contributed by atoms with Crippen molar-refractivity contribution in [2.45, 2.75) is 20.8 Å². The van der Waals surface area contributed by atoms with Gasteiger partial charge in [-0.2, -0.15) is 0 Å². The maximum absolute atomic E-state index is 9.22. The molecule has 1 nitrogen and oxygen atoms in total. The summed E-state index contributed by atoms with van der Waals surface area (Å²) in [5.41, 5.74) is 1.22. The minimum atomic E-state index is 0.327. The number of fused-ring (bicyclic) bond motifs is 1. The van der Waals surface area contributed by atoms with E-state index in [9.17, 15) is 5.11 Å². The predicted octanol–water partition coefficient (Wildman–Crippen LogP) is 3.88. The van der Waals surface area contributed by atoms with Gasteiger partial charge < -0.3 is 5.11 Å². The Balaban J connectivity index is 0.000000461. The highest BCUT2D eigenvalue weighted by atomic mass is 16.3. The van der Waals surface area contributed by atoms with Crippen molar-refractivity contribution in [3.8, 4) is 5.75 Å². The number of hydrogen-bond acceptors (Lipinski definition) is 1. The zero-order chi connectivity index (χ0) is 10.6. The molecule has 0 aliphatic carbocycles. The number of aromatic hydroxyl groups is 1. The van der Waals surface area contributed by atoms with Crippen molar-refractivity contribution in [1.82, 2.24) is 0 Å². The molecule has 0 aliphatic heterocycles. The lowest BCUT2D eigenvalue weighted by Gasteiger charge is -1.99. The van der Waals surface area contributed by atoms with E-state index >= 15 is 0 Å². The monoisotopic (exact) mass is 188 g/mol. The van der Waals surface area contributed by atoms with Crippen molar-refractivity contribution in [2.24, 2.45) is 0 Å². The first-order valence-corrected chi connectivity index (χ1v) is 4.95. The lowest BCUT2D eigenvalue weighted by Crippen LogP contribution is -1.74. The Kier molecular flexibility index (Phi) is 3.52. The molecule has 0 radical (unpaired) electrons. The fraction of sp³-hybridized carbons (Fsp3) is 0.231. The molecule has 2 rings (SSSR count). The van der Waals surface area contributed by atoms with Crippen molar-refractivity contribution in [3.05, 3.63) is 42.0 Å². The van der Waals surface area contributed by atoms with E-state index in [-0.39, 0.29) is 0 Å². The number of aryl methyl sites for hydroxylation is 1. The molecule has 2 aromatic rings. The van der Waals surface area contributed by atoms with E-state index in [4.69, 9.17) is 0 Å². The van der Waals surface area contributed by atoms with Gasteiger partial charge >= 0.3 is 0 Å². The second-order valence-corrected chi connectivity index (χ2v) is 3.03. The van der Waals surface area contributed by atoms with E-state index in [0.717, 1.165) is 5.39 Å². The largest absolute Gasteiger partial charge is 0.508 e. The van der Waals surface area contributed by atoms with E-state index in [1.165, 1.54) is 10.9 Å². The summed E-state index contributed by atoms with van der Waals surface area (Å²) in [7, 11) is 0. The minimum Gasteiger partial charge on any atom is -0.508 e. The van der Waals surface area contributed by atoms with Gasteiger partial charge in [0.25, 0.3) is 0 Å². The third kappa shape index (κ3) is 2.25. The van der Waals surface area contributed by atoms with Crippen LogP contribution in [0.2, 0.25) is 0 Å². The Hall–Kier alpha value is -1.50. The quantitative estimate of drug-likeness (QED) is 0.665. The molecule has 2 aromatic carbocycles. The molecule has 1 N–H and O–H groups in total.